The zero-order chi connectivity index (χ0) is 10.9. The Balaban J connectivity index is 2.29. The van der Waals surface area contributed by atoms with Crippen molar-refractivity contribution < 1.29 is 4.79 Å². The number of carbonyl (C=O) groups excluding carboxylic acids is 1. The first-order chi connectivity index (χ1) is 7.09. The van der Waals surface area contributed by atoms with Gasteiger partial charge in [-0.1, -0.05) is 44.2 Å². The lowest BCUT2D eigenvalue weighted by Crippen LogP contribution is -2.30. The molecular weight excluding hydrogens is 184 g/mol. The Kier molecular flexibility index (Phi) is 2.64. The molecule has 15 heavy (non-hydrogen) atoms. The van der Waals surface area contributed by atoms with Gasteiger partial charge < -0.3 is 0 Å². The molecule has 1 aliphatic carbocycles. The van der Waals surface area contributed by atoms with Gasteiger partial charge in [0.1, 0.15) is 5.78 Å². The average molecular weight is 202 g/mol. The summed E-state index contributed by atoms with van der Waals surface area (Å²) in [5.41, 5.74) is 1.57. The molecule has 0 spiro atoms. The van der Waals surface area contributed by atoms with Crippen LogP contribution in [0.2, 0.25) is 0 Å². The Labute approximate surface area is 91.5 Å². The third-order valence-electron chi connectivity index (χ3n) is 3.63. The van der Waals surface area contributed by atoms with Crippen LogP contribution in [0.15, 0.2) is 30.3 Å². The van der Waals surface area contributed by atoms with E-state index in [0.717, 1.165) is 19.3 Å². The fourth-order valence-corrected chi connectivity index (χ4v) is 2.50. The van der Waals surface area contributed by atoms with E-state index in [0.29, 0.717) is 11.7 Å². The van der Waals surface area contributed by atoms with Gasteiger partial charge in [-0.3, -0.25) is 4.79 Å². The monoisotopic (exact) mass is 202 g/mol. The van der Waals surface area contributed by atoms with Crippen LogP contribution < -0.4 is 0 Å². The van der Waals surface area contributed by atoms with Gasteiger partial charge in [0.15, 0.2) is 0 Å². The van der Waals surface area contributed by atoms with Crippen molar-refractivity contribution in [2.45, 2.75) is 39.0 Å². The maximum Gasteiger partial charge on any atom is 0.133 e. The van der Waals surface area contributed by atoms with Crippen molar-refractivity contribution in [2.24, 2.45) is 5.41 Å². The molecule has 0 heterocycles. The van der Waals surface area contributed by atoms with Crippen LogP contribution in [-0.4, -0.2) is 5.78 Å². The quantitative estimate of drug-likeness (QED) is 0.680. The molecule has 1 aromatic carbocycles. The maximum atomic E-state index is 11.5. The summed E-state index contributed by atoms with van der Waals surface area (Å²) in [5, 5.41) is 0. The lowest BCUT2D eigenvalue weighted by Gasteiger charge is -2.38. The van der Waals surface area contributed by atoms with Gasteiger partial charge in [0, 0.05) is 12.8 Å². The minimum Gasteiger partial charge on any atom is -0.300 e. The lowest BCUT2D eigenvalue weighted by atomic mass is 9.66. The number of ketones is 1. The van der Waals surface area contributed by atoms with Crippen molar-refractivity contribution in [1.82, 2.24) is 0 Å². The van der Waals surface area contributed by atoms with E-state index in [-0.39, 0.29) is 5.41 Å². The molecule has 1 atom stereocenters. The van der Waals surface area contributed by atoms with Crippen LogP contribution in [0.25, 0.3) is 0 Å². The van der Waals surface area contributed by atoms with E-state index in [1.54, 1.807) is 0 Å². The van der Waals surface area contributed by atoms with Crippen LogP contribution in [0.5, 0.6) is 0 Å². The summed E-state index contributed by atoms with van der Waals surface area (Å²) in [6, 6.07) is 10.4. The van der Waals surface area contributed by atoms with E-state index in [1.165, 1.54) is 5.56 Å². The smallest absolute Gasteiger partial charge is 0.133 e. The standard InChI is InChI=1S/C14H18O/c1-14(2)9-8-12(15)10-13(14)11-6-4-3-5-7-11/h3-7,13H,8-10H2,1-2H3. The zero-order valence-corrected chi connectivity index (χ0v) is 9.49. The fourth-order valence-electron chi connectivity index (χ4n) is 2.50. The van der Waals surface area contributed by atoms with E-state index in [1.807, 2.05) is 6.07 Å². The highest BCUT2D eigenvalue weighted by Crippen LogP contribution is 2.45. The number of Topliss-reactive ketones (excluding diaryl/α,β-unsaturated/α-hetero) is 1. The van der Waals surface area contributed by atoms with E-state index in [2.05, 4.69) is 38.1 Å². The predicted molar refractivity (Wildman–Crippen MR) is 61.8 cm³/mol. The molecular formula is C14H18O. The van der Waals surface area contributed by atoms with E-state index in [4.69, 9.17) is 0 Å². The van der Waals surface area contributed by atoms with Crippen molar-refractivity contribution in [3.8, 4) is 0 Å². The largest absolute Gasteiger partial charge is 0.300 e. The lowest BCUT2D eigenvalue weighted by molar-refractivity contribution is -0.122. The molecule has 0 bridgehead atoms. The van der Waals surface area contributed by atoms with Crippen LogP contribution >= 0.6 is 0 Å². The highest BCUT2D eigenvalue weighted by atomic mass is 16.1. The van der Waals surface area contributed by atoms with Crippen LogP contribution in [0.1, 0.15) is 44.6 Å². The molecule has 1 aromatic rings. The molecule has 1 aliphatic rings. The Morgan fingerprint density at radius 2 is 1.87 bits per heavy atom. The summed E-state index contributed by atoms with van der Waals surface area (Å²) < 4.78 is 0. The van der Waals surface area contributed by atoms with Crippen LogP contribution in [-0.2, 0) is 4.79 Å². The van der Waals surface area contributed by atoms with Gasteiger partial charge in [-0.2, -0.15) is 0 Å². The average Bonchev–Trinajstić information content (AvgIpc) is 2.23. The number of hydrogen-bond donors (Lipinski definition) is 0. The molecule has 2 rings (SSSR count). The van der Waals surface area contributed by atoms with Gasteiger partial charge in [0.25, 0.3) is 0 Å². The Morgan fingerprint density at radius 3 is 2.53 bits per heavy atom. The molecule has 0 aromatic heterocycles. The molecule has 1 nitrogen and oxygen atoms in total. The minimum atomic E-state index is 0.259. The highest BCUT2D eigenvalue weighted by Gasteiger charge is 2.36. The Hall–Kier alpha value is -1.11. The molecule has 0 saturated heterocycles. The van der Waals surface area contributed by atoms with E-state index >= 15 is 0 Å². The van der Waals surface area contributed by atoms with Crippen molar-refractivity contribution >= 4 is 5.78 Å². The first kappa shape index (κ1) is 10.4. The van der Waals surface area contributed by atoms with Gasteiger partial charge in [-0.15, -0.1) is 0 Å². The molecule has 0 radical (unpaired) electrons. The second-order valence-electron chi connectivity index (χ2n) is 5.19. The van der Waals surface area contributed by atoms with Gasteiger partial charge in [0.05, 0.1) is 0 Å². The molecule has 0 aliphatic heterocycles. The summed E-state index contributed by atoms with van der Waals surface area (Å²) in [4.78, 5) is 11.5. The molecule has 1 saturated carbocycles. The van der Waals surface area contributed by atoms with E-state index in [9.17, 15) is 4.79 Å². The molecule has 1 unspecified atom stereocenters. The van der Waals surface area contributed by atoms with Gasteiger partial charge in [0.2, 0.25) is 0 Å². The highest BCUT2D eigenvalue weighted by molar-refractivity contribution is 5.80. The van der Waals surface area contributed by atoms with Crippen molar-refractivity contribution in [2.75, 3.05) is 0 Å². The number of carbonyl (C=O) groups is 1. The summed E-state index contributed by atoms with van der Waals surface area (Å²) in [5.74, 6) is 0.822. The van der Waals surface area contributed by atoms with Gasteiger partial charge in [-0.05, 0) is 23.3 Å². The Morgan fingerprint density at radius 1 is 1.20 bits per heavy atom. The summed E-state index contributed by atoms with van der Waals surface area (Å²) in [7, 11) is 0. The number of benzene rings is 1. The van der Waals surface area contributed by atoms with Crippen molar-refractivity contribution in [3.63, 3.8) is 0 Å². The Bertz CT molecular complexity index is 351. The maximum absolute atomic E-state index is 11.5. The SMILES string of the molecule is CC1(C)CCC(=O)CC1c1ccccc1. The normalized spacial score (nSPS) is 25.2. The zero-order valence-electron chi connectivity index (χ0n) is 9.49. The third kappa shape index (κ3) is 2.11. The topological polar surface area (TPSA) is 17.1 Å². The molecule has 1 heteroatoms. The van der Waals surface area contributed by atoms with Crippen LogP contribution in [0, 0.1) is 5.41 Å². The van der Waals surface area contributed by atoms with Crippen molar-refractivity contribution in [3.05, 3.63) is 35.9 Å². The second-order valence-corrected chi connectivity index (χ2v) is 5.19. The molecule has 80 valence electrons. The first-order valence-corrected chi connectivity index (χ1v) is 5.66. The fraction of sp³-hybridized carbons (Fsp3) is 0.500. The third-order valence-corrected chi connectivity index (χ3v) is 3.63. The first-order valence-electron chi connectivity index (χ1n) is 5.66. The molecule has 0 amide bonds. The number of hydrogen-bond acceptors (Lipinski definition) is 1. The minimum absolute atomic E-state index is 0.259. The van der Waals surface area contributed by atoms with E-state index < -0.39 is 0 Å². The summed E-state index contributed by atoms with van der Waals surface area (Å²) >= 11 is 0. The van der Waals surface area contributed by atoms with Crippen LogP contribution in [0.4, 0.5) is 0 Å². The molecule has 0 N–H and O–H groups in total. The molecule has 1 fully saturated rings. The summed E-state index contributed by atoms with van der Waals surface area (Å²) in [6.07, 6.45) is 2.50. The predicted octanol–water partition coefficient (Wildman–Crippen LogP) is 3.55. The van der Waals surface area contributed by atoms with Crippen molar-refractivity contribution in [1.29, 1.82) is 0 Å². The van der Waals surface area contributed by atoms with Gasteiger partial charge in [-0.25, -0.2) is 0 Å². The second kappa shape index (κ2) is 3.80. The number of rotatable bonds is 1. The van der Waals surface area contributed by atoms with Gasteiger partial charge >= 0.3 is 0 Å². The summed E-state index contributed by atoms with van der Waals surface area (Å²) in [6.45, 7) is 4.55. The van der Waals surface area contributed by atoms with Crippen LogP contribution in [0.3, 0.4) is 0 Å².